The molecule has 3 rings (SSSR count). The van der Waals surface area contributed by atoms with E-state index in [1.54, 1.807) is 0 Å². The Bertz CT molecular complexity index is 651. The van der Waals surface area contributed by atoms with Gasteiger partial charge in [0, 0.05) is 24.7 Å². The number of hydrogen-bond donors (Lipinski definition) is 0. The molecule has 0 heterocycles. The van der Waals surface area contributed by atoms with E-state index < -0.39 is 0 Å². The normalized spacial score (nSPS) is 15.4. The monoisotopic (exact) mass is 235 g/mol. The standard InChI is InChI=1S/C17H17N/c1-11-4-6-14-13(8-11)10-17(18-3)16-9-12(2)5-7-15(14)16/h4-9H,10H2,1-3H3/b18-17-. The molecule has 0 N–H and O–H groups in total. The van der Waals surface area contributed by atoms with Crippen molar-refractivity contribution in [2.45, 2.75) is 20.3 Å². The van der Waals surface area contributed by atoms with Crippen LogP contribution in [0.2, 0.25) is 0 Å². The van der Waals surface area contributed by atoms with Gasteiger partial charge in [-0.15, -0.1) is 0 Å². The molecular weight excluding hydrogens is 218 g/mol. The molecule has 0 saturated carbocycles. The number of rotatable bonds is 0. The van der Waals surface area contributed by atoms with E-state index >= 15 is 0 Å². The van der Waals surface area contributed by atoms with Gasteiger partial charge >= 0.3 is 0 Å². The van der Waals surface area contributed by atoms with Crippen molar-refractivity contribution in [3.63, 3.8) is 0 Å². The van der Waals surface area contributed by atoms with Crippen LogP contribution in [0.1, 0.15) is 22.3 Å². The Morgan fingerprint density at radius 1 is 0.833 bits per heavy atom. The van der Waals surface area contributed by atoms with Gasteiger partial charge in [-0.3, -0.25) is 4.99 Å². The number of fused-ring (bicyclic) bond motifs is 3. The molecule has 18 heavy (non-hydrogen) atoms. The summed E-state index contributed by atoms with van der Waals surface area (Å²) in [6.45, 7) is 4.28. The molecule has 90 valence electrons. The number of benzene rings is 2. The van der Waals surface area contributed by atoms with Crippen LogP contribution >= 0.6 is 0 Å². The van der Waals surface area contributed by atoms with Crippen LogP contribution in [0.15, 0.2) is 41.4 Å². The van der Waals surface area contributed by atoms with Crippen LogP contribution in [0.5, 0.6) is 0 Å². The molecule has 0 aliphatic heterocycles. The Morgan fingerprint density at radius 3 is 2.22 bits per heavy atom. The minimum absolute atomic E-state index is 0.948. The highest BCUT2D eigenvalue weighted by atomic mass is 14.7. The van der Waals surface area contributed by atoms with Crippen molar-refractivity contribution in [1.82, 2.24) is 0 Å². The van der Waals surface area contributed by atoms with Crippen LogP contribution in [-0.2, 0) is 6.42 Å². The van der Waals surface area contributed by atoms with E-state index in [0.29, 0.717) is 0 Å². The molecule has 1 aliphatic rings. The third-order valence-electron chi connectivity index (χ3n) is 3.66. The van der Waals surface area contributed by atoms with Gasteiger partial charge in [-0.1, -0.05) is 41.5 Å². The average molecular weight is 235 g/mol. The molecule has 0 spiro atoms. The van der Waals surface area contributed by atoms with E-state index in [2.05, 4.69) is 55.2 Å². The van der Waals surface area contributed by atoms with Crippen LogP contribution in [0.25, 0.3) is 11.1 Å². The van der Waals surface area contributed by atoms with Gasteiger partial charge in [0.05, 0.1) is 0 Å². The minimum atomic E-state index is 0.948. The van der Waals surface area contributed by atoms with Crippen molar-refractivity contribution in [1.29, 1.82) is 0 Å². The first-order valence-corrected chi connectivity index (χ1v) is 6.35. The first-order chi connectivity index (χ1) is 8.69. The van der Waals surface area contributed by atoms with Gasteiger partial charge in [0.25, 0.3) is 0 Å². The summed E-state index contributed by atoms with van der Waals surface area (Å²) in [4.78, 5) is 4.48. The predicted molar refractivity (Wildman–Crippen MR) is 77.5 cm³/mol. The van der Waals surface area contributed by atoms with Crippen molar-refractivity contribution in [3.8, 4) is 11.1 Å². The topological polar surface area (TPSA) is 12.4 Å². The predicted octanol–water partition coefficient (Wildman–Crippen LogP) is 3.95. The number of hydrogen-bond acceptors (Lipinski definition) is 1. The molecule has 1 aliphatic carbocycles. The lowest BCUT2D eigenvalue weighted by atomic mass is 9.83. The molecule has 0 unspecified atom stereocenters. The molecule has 0 amide bonds. The van der Waals surface area contributed by atoms with Crippen molar-refractivity contribution in [2.75, 3.05) is 7.05 Å². The smallest absolute Gasteiger partial charge is 0.0467 e. The molecule has 2 aromatic carbocycles. The van der Waals surface area contributed by atoms with E-state index in [-0.39, 0.29) is 0 Å². The van der Waals surface area contributed by atoms with Gasteiger partial charge in [-0.25, -0.2) is 0 Å². The van der Waals surface area contributed by atoms with Gasteiger partial charge in [0.1, 0.15) is 0 Å². The lowest BCUT2D eigenvalue weighted by Gasteiger charge is -2.22. The third kappa shape index (κ3) is 1.67. The lowest BCUT2D eigenvalue weighted by molar-refractivity contribution is 1.23. The molecule has 1 heteroatoms. The molecule has 0 radical (unpaired) electrons. The summed E-state index contributed by atoms with van der Waals surface area (Å²) >= 11 is 0. The van der Waals surface area contributed by atoms with Crippen LogP contribution in [-0.4, -0.2) is 12.8 Å². The van der Waals surface area contributed by atoms with E-state index in [1.807, 2.05) is 7.05 Å². The Hall–Kier alpha value is -1.89. The zero-order chi connectivity index (χ0) is 12.7. The first kappa shape index (κ1) is 11.2. The zero-order valence-corrected chi connectivity index (χ0v) is 11.1. The molecular formula is C17H17N. The summed E-state index contributed by atoms with van der Waals surface area (Å²) in [5.74, 6) is 0. The van der Waals surface area contributed by atoms with E-state index in [0.717, 1.165) is 6.42 Å². The van der Waals surface area contributed by atoms with Gasteiger partial charge in [0.15, 0.2) is 0 Å². The molecule has 1 nitrogen and oxygen atoms in total. The number of aliphatic imine (C=N–C) groups is 1. The van der Waals surface area contributed by atoms with Crippen LogP contribution in [0.4, 0.5) is 0 Å². The Balaban J connectivity index is 2.31. The fourth-order valence-electron chi connectivity index (χ4n) is 2.74. The highest BCUT2D eigenvalue weighted by molar-refractivity contribution is 6.10. The maximum Gasteiger partial charge on any atom is 0.0467 e. The van der Waals surface area contributed by atoms with Crippen LogP contribution in [0, 0.1) is 13.8 Å². The molecule has 0 aromatic heterocycles. The fraction of sp³-hybridized carbons (Fsp3) is 0.235. The third-order valence-corrected chi connectivity index (χ3v) is 3.66. The highest BCUT2D eigenvalue weighted by Crippen LogP contribution is 2.34. The maximum atomic E-state index is 4.48. The van der Waals surface area contributed by atoms with Gasteiger partial charge in [0.2, 0.25) is 0 Å². The zero-order valence-electron chi connectivity index (χ0n) is 11.1. The summed E-state index contributed by atoms with van der Waals surface area (Å²) in [5.41, 5.74) is 9.20. The second kappa shape index (κ2) is 4.09. The highest BCUT2D eigenvalue weighted by Gasteiger charge is 2.20. The van der Waals surface area contributed by atoms with E-state index in [4.69, 9.17) is 0 Å². The molecule has 0 bridgehead atoms. The Kier molecular flexibility index (Phi) is 2.55. The van der Waals surface area contributed by atoms with E-state index in [9.17, 15) is 0 Å². The number of aryl methyl sites for hydroxylation is 2. The van der Waals surface area contributed by atoms with E-state index in [1.165, 1.54) is 39.1 Å². The average Bonchev–Trinajstić information content (AvgIpc) is 2.37. The summed E-state index contributed by atoms with van der Waals surface area (Å²) in [6, 6.07) is 13.4. The van der Waals surface area contributed by atoms with Crippen LogP contribution < -0.4 is 0 Å². The first-order valence-electron chi connectivity index (χ1n) is 6.35. The van der Waals surface area contributed by atoms with Crippen molar-refractivity contribution in [3.05, 3.63) is 58.7 Å². The fourth-order valence-corrected chi connectivity index (χ4v) is 2.74. The Labute approximate surface area is 108 Å². The summed E-state index contributed by atoms with van der Waals surface area (Å²) in [6.07, 6.45) is 0.948. The Morgan fingerprint density at radius 2 is 1.50 bits per heavy atom. The van der Waals surface area contributed by atoms with Crippen molar-refractivity contribution < 1.29 is 0 Å². The van der Waals surface area contributed by atoms with Crippen molar-refractivity contribution in [2.24, 2.45) is 4.99 Å². The van der Waals surface area contributed by atoms with Crippen molar-refractivity contribution >= 4 is 5.71 Å². The SMILES string of the molecule is C/N=C1/Cc2cc(C)ccc2-c2ccc(C)cc21. The number of nitrogens with zero attached hydrogens (tertiary/aromatic N) is 1. The van der Waals surface area contributed by atoms with Gasteiger partial charge < -0.3 is 0 Å². The second-order valence-electron chi connectivity index (χ2n) is 5.06. The maximum absolute atomic E-state index is 4.48. The molecule has 0 saturated heterocycles. The quantitative estimate of drug-likeness (QED) is 0.655. The van der Waals surface area contributed by atoms with Gasteiger partial charge in [-0.2, -0.15) is 0 Å². The van der Waals surface area contributed by atoms with Gasteiger partial charge in [-0.05, 0) is 36.6 Å². The largest absolute Gasteiger partial charge is 0.292 e. The lowest BCUT2D eigenvalue weighted by Crippen LogP contribution is -2.14. The summed E-state index contributed by atoms with van der Waals surface area (Å²) in [5, 5.41) is 0. The summed E-state index contributed by atoms with van der Waals surface area (Å²) < 4.78 is 0. The van der Waals surface area contributed by atoms with Crippen LogP contribution in [0.3, 0.4) is 0 Å². The molecule has 0 fully saturated rings. The molecule has 0 atom stereocenters. The second-order valence-corrected chi connectivity index (χ2v) is 5.06. The molecule has 2 aromatic rings. The summed E-state index contributed by atoms with van der Waals surface area (Å²) in [7, 11) is 1.89. The minimum Gasteiger partial charge on any atom is -0.292 e.